The first kappa shape index (κ1) is 17.1. The Balaban J connectivity index is 1.79. The SMILES string of the molecule is Cc1ncc(Cl)c(C(=O)NCC(O)CN2CCC(C)CC2)n1. The van der Waals surface area contributed by atoms with E-state index in [1.54, 1.807) is 6.92 Å². The van der Waals surface area contributed by atoms with E-state index in [1.165, 1.54) is 6.20 Å². The predicted molar refractivity (Wildman–Crippen MR) is 85.0 cm³/mol. The highest BCUT2D eigenvalue weighted by Gasteiger charge is 2.19. The van der Waals surface area contributed by atoms with Crippen LogP contribution in [0.1, 0.15) is 36.1 Å². The van der Waals surface area contributed by atoms with Crippen LogP contribution in [-0.2, 0) is 0 Å². The molecule has 0 bridgehead atoms. The molecule has 1 aromatic rings. The Morgan fingerprint density at radius 1 is 1.55 bits per heavy atom. The highest BCUT2D eigenvalue weighted by Crippen LogP contribution is 2.16. The molecule has 1 fully saturated rings. The molecule has 1 aliphatic heterocycles. The van der Waals surface area contributed by atoms with Crippen LogP contribution in [0.2, 0.25) is 5.02 Å². The summed E-state index contributed by atoms with van der Waals surface area (Å²) in [6.45, 7) is 6.71. The van der Waals surface area contributed by atoms with Crippen LogP contribution in [0.15, 0.2) is 6.20 Å². The highest BCUT2D eigenvalue weighted by atomic mass is 35.5. The van der Waals surface area contributed by atoms with E-state index in [2.05, 4.69) is 27.1 Å². The molecule has 1 saturated heterocycles. The molecule has 122 valence electrons. The number of likely N-dealkylation sites (tertiary alicyclic amines) is 1. The lowest BCUT2D eigenvalue weighted by Crippen LogP contribution is -2.43. The molecule has 22 heavy (non-hydrogen) atoms. The summed E-state index contributed by atoms with van der Waals surface area (Å²) in [5, 5.41) is 13.0. The van der Waals surface area contributed by atoms with Crippen molar-refractivity contribution in [2.45, 2.75) is 32.8 Å². The molecule has 1 aromatic heterocycles. The van der Waals surface area contributed by atoms with Crippen LogP contribution in [0, 0.1) is 12.8 Å². The van der Waals surface area contributed by atoms with Gasteiger partial charge in [-0.05, 0) is 38.8 Å². The fourth-order valence-electron chi connectivity index (χ4n) is 2.52. The first-order chi connectivity index (χ1) is 10.5. The maximum atomic E-state index is 12.0. The molecule has 0 aromatic carbocycles. The van der Waals surface area contributed by atoms with E-state index in [1.807, 2.05) is 0 Å². The molecule has 1 amide bonds. The maximum absolute atomic E-state index is 12.0. The number of β-amino-alcohol motifs (C(OH)–C–C–N with tert-alkyl or cyclic N) is 1. The molecule has 0 saturated carbocycles. The number of amides is 1. The molecule has 1 atom stereocenters. The van der Waals surface area contributed by atoms with Crippen molar-refractivity contribution in [3.8, 4) is 0 Å². The molecule has 2 rings (SSSR count). The van der Waals surface area contributed by atoms with Crippen molar-refractivity contribution in [1.82, 2.24) is 20.2 Å². The van der Waals surface area contributed by atoms with Crippen molar-refractivity contribution in [2.75, 3.05) is 26.2 Å². The summed E-state index contributed by atoms with van der Waals surface area (Å²) in [4.78, 5) is 22.2. The minimum atomic E-state index is -0.598. The molecule has 6 nitrogen and oxygen atoms in total. The number of rotatable bonds is 5. The van der Waals surface area contributed by atoms with E-state index < -0.39 is 6.10 Å². The summed E-state index contributed by atoms with van der Waals surface area (Å²) >= 11 is 5.92. The summed E-state index contributed by atoms with van der Waals surface area (Å²) in [6, 6.07) is 0. The third kappa shape index (κ3) is 4.90. The van der Waals surface area contributed by atoms with Gasteiger partial charge < -0.3 is 15.3 Å². The Kier molecular flexibility index (Phi) is 6.11. The summed E-state index contributed by atoms with van der Waals surface area (Å²) in [6.07, 6.45) is 3.13. The Hall–Kier alpha value is -1.24. The van der Waals surface area contributed by atoms with E-state index in [9.17, 15) is 9.90 Å². The van der Waals surface area contributed by atoms with Gasteiger partial charge >= 0.3 is 0 Å². The predicted octanol–water partition coefficient (Wildman–Crippen LogP) is 1.26. The van der Waals surface area contributed by atoms with E-state index in [0.29, 0.717) is 12.4 Å². The van der Waals surface area contributed by atoms with Crippen LogP contribution in [0.3, 0.4) is 0 Å². The number of hydrogen-bond donors (Lipinski definition) is 2. The summed E-state index contributed by atoms with van der Waals surface area (Å²) in [5.41, 5.74) is 0.146. The number of aryl methyl sites for hydroxylation is 1. The zero-order valence-electron chi connectivity index (χ0n) is 13.0. The van der Waals surface area contributed by atoms with Gasteiger partial charge in [0.2, 0.25) is 0 Å². The zero-order valence-corrected chi connectivity index (χ0v) is 13.8. The number of aromatic nitrogens is 2. The number of aliphatic hydroxyl groups excluding tert-OH is 1. The number of hydrogen-bond acceptors (Lipinski definition) is 5. The second kappa shape index (κ2) is 7.85. The van der Waals surface area contributed by atoms with Crippen LogP contribution in [0.25, 0.3) is 0 Å². The van der Waals surface area contributed by atoms with Gasteiger partial charge in [0.1, 0.15) is 11.5 Å². The third-order valence-corrected chi connectivity index (χ3v) is 4.20. The van der Waals surface area contributed by atoms with Gasteiger partial charge in [0, 0.05) is 13.1 Å². The number of aliphatic hydroxyl groups is 1. The fourth-order valence-corrected chi connectivity index (χ4v) is 2.69. The van der Waals surface area contributed by atoms with Crippen molar-refractivity contribution in [1.29, 1.82) is 0 Å². The van der Waals surface area contributed by atoms with Gasteiger partial charge in [0.25, 0.3) is 5.91 Å². The van der Waals surface area contributed by atoms with Gasteiger partial charge in [-0.3, -0.25) is 4.79 Å². The maximum Gasteiger partial charge on any atom is 0.271 e. The largest absolute Gasteiger partial charge is 0.390 e. The van der Waals surface area contributed by atoms with Gasteiger partial charge in [0.05, 0.1) is 17.3 Å². The van der Waals surface area contributed by atoms with E-state index in [-0.39, 0.29) is 23.2 Å². The Bertz CT molecular complexity index is 518. The number of carbonyl (C=O) groups is 1. The Morgan fingerprint density at radius 2 is 2.23 bits per heavy atom. The molecule has 2 N–H and O–H groups in total. The summed E-state index contributed by atoms with van der Waals surface area (Å²) in [7, 11) is 0. The first-order valence-corrected chi connectivity index (χ1v) is 8.01. The topological polar surface area (TPSA) is 78.3 Å². The average molecular weight is 327 g/mol. The molecule has 0 radical (unpaired) electrons. The van der Waals surface area contributed by atoms with Crippen LogP contribution >= 0.6 is 11.6 Å². The van der Waals surface area contributed by atoms with Crippen molar-refractivity contribution >= 4 is 17.5 Å². The zero-order chi connectivity index (χ0) is 16.1. The number of carbonyl (C=O) groups excluding carboxylic acids is 1. The molecule has 0 spiro atoms. The first-order valence-electron chi connectivity index (χ1n) is 7.63. The standard InChI is InChI=1S/C15H23ClN4O2/c1-10-3-5-20(6-4-10)9-12(21)7-18-15(22)14-13(16)8-17-11(2)19-14/h8,10,12,21H,3-7,9H2,1-2H3,(H,18,22). The monoisotopic (exact) mass is 326 g/mol. The van der Waals surface area contributed by atoms with Gasteiger partial charge in [-0.1, -0.05) is 18.5 Å². The Morgan fingerprint density at radius 3 is 2.91 bits per heavy atom. The van der Waals surface area contributed by atoms with Gasteiger partial charge in [-0.25, -0.2) is 9.97 Å². The normalized spacial score (nSPS) is 18.2. The molecule has 2 heterocycles. The second-order valence-corrected chi connectivity index (χ2v) is 6.37. The molecule has 0 aliphatic carbocycles. The minimum Gasteiger partial charge on any atom is -0.390 e. The van der Waals surface area contributed by atoms with E-state index >= 15 is 0 Å². The van der Waals surface area contributed by atoms with E-state index in [0.717, 1.165) is 31.8 Å². The Labute approximate surface area is 135 Å². The number of nitrogens with zero attached hydrogens (tertiary/aromatic N) is 3. The van der Waals surface area contributed by atoms with Gasteiger partial charge in [0.15, 0.2) is 0 Å². The fraction of sp³-hybridized carbons (Fsp3) is 0.667. The lowest BCUT2D eigenvalue weighted by Gasteiger charge is -2.31. The quantitative estimate of drug-likeness (QED) is 0.851. The average Bonchev–Trinajstić information content (AvgIpc) is 2.49. The number of piperidine rings is 1. The van der Waals surface area contributed by atoms with Crippen LogP contribution in [0.4, 0.5) is 0 Å². The molecular formula is C15H23ClN4O2. The third-order valence-electron chi connectivity index (χ3n) is 3.92. The molecule has 1 unspecified atom stereocenters. The van der Waals surface area contributed by atoms with E-state index in [4.69, 9.17) is 11.6 Å². The van der Waals surface area contributed by atoms with Crippen molar-refractivity contribution in [3.63, 3.8) is 0 Å². The lowest BCUT2D eigenvalue weighted by atomic mass is 9.99. The lowest BCUT2D eigenvalue weighted by molar-refractivity contribution is 0.0792. The number of halogens is 1. The summed E-state index contributed by atoms with van der Waals surface area (Å²) < 4.78 is 0. The second-order valence-electron chi connectivity index (χ2n) is 5.96. The smallest absolute Gasteiger partial charge is 0.271 e. The van der Waals surface area contributed by atoms with Gasteiger partial charge in [-0.15, -0.1) is 0 Å². The summed E-state index contributed by atoms with van der Waals surface area (Å²) in [5.74, 6) is 0.857. The molecule has 7 heteroatoms. The van der Waals surface area contributed by atoms with Crippen molar-refractivity contribution in [2.24, 2.45) is 5.92 Å². The molecule has 1 aliphatic rings. The minimum absolute atomic E-state index is 0.146. The van der Waals surface area contributed by atoms with Crippen LogP contribution < -0.4 is 5.32 Å². The van der Waals surface area contributed by atoms with Crippen LogP contribution in [-0.4, -0.2) is 58.2 Å². The van der Waals surface area contributed by atoms with Crippen LogP contribution in [0.5, 0.6) is 0 Å². The van der Waals surface area contributed by atoms with Gasteiger partial charge in [-0.2, -0.15) is 0 Å². The highest BCUT2D eigenvalue weighted by molar-refractivity contribution is 6.33. The molecular weight excluding hydrogens is 304 g/mol. The number of nitrogens with one attached hydrogen (secondary N) is 1. The van der Waals surface area contributed by atoms with Crippen molar-refractivity contribution < 1.29 is 9.90 Å². The van der Waals surface area contributed by atoms with Crippen molar-refractivity contribution in [3.05, 3.63) is 22.7 Å².